The SMILES string of the molecule is COc1ccccc1COc1c(C)cccc1CBr. The number of methoxy groups -OCH3 is 1. The maximum atomic E-state index is 5.98. The Hall–Kier alpha value is -1.48. The Morgan fingerprint density at radius 1 is 1.00 bits per heavy atom. The average Bonchev–Trinajstić information content (AvgIpc) is 2.46. The summed E-state index contributed by atoms with van der Waals surface area (Å²) < 4.78 is 11.3. The lowest BCUT2D eigenvalue weighted by atomic mass is 10.1. The van der Waals surface area contributed by atoms with E-state index < -0.39 is 0 Å². The molecule has 3 heteroatoms. The molecule has 2 nitrogen and oxygen atoms in total. The van der Waals surface area contributed by atoms with E-state index >= 15 is 0 Å². The summed E-state index contributed by atoms with van der Waals surface area (Å²) in [6.07, 6.45) is 0. The Morgan fingerprint density at radius 2 is 1.74 bits per heavy atom. The molecule has 0 amide bonds. The molecule has 0 atom stereocenters. The van der Waals surface area contributed by atoms with Crippen LogP contribution in [-0.4, -0.2) is 7.11 Å². The fraction of sp³-hybridized carbons (Fsp3) is 0.250. The Balaban J connectivity index is 2.19. The lowest BCUT2D eigenvalue weighted by Crippen LogP contribution is -2.01. The predicted molar refractivity (Wildman–Crippen MR) is 81.1 cm³/mol. The van der Waals surface area contributed by atoms with Gasteiger partial charge in [-0.05, 0) is 18.6 Å². The summed E-state index contributed by atoms with van der Waals surface area (Å²) >= 11 is 3.49. The Morgan fingerprint density at radius 3 is 2.47 bits per heavy atom. The van der Waals surface area contributed by atoms with Gasteiger partial charge in [0.25, 0.3) is 0 Å². The summed E-state index contributed by atoms with van der Waals surface area (Å²) in [6.45, 7) is 2.57. The van der Waals surface area contributed by atoms with Crippen molar-refractivity contribution >= 4 is 15.9 Å². The normalized spacial score (nSPS) is 10.3. The molecular formula is C16H17BrO2. The Kier molecular flexibility index (Phi) is 4.86. The van der Waals surface area contributed by atoms with Gasteiger partial charge in [0.2, 0.25) is 0 Å². The van der Waals surface area contributed by atoms with Gasteiger partial charge in [0, 0.05) is 16.5 Å². The molecule has 0 aliphatic rings. The van der Waals surface area contributed by atoms with Crippen molar-refractivity contribution in [2.24, 2.45) is 0 Å². The molecule has 0 aromatic heterocycles. The zero-order chi connectivity index (χ0) is 13.7. The van der Waals surface area contributed by atoms with Gasteiger partial charge in [-0.2, -0.15) is 0 Å². The van der Waals surface area contributed by atoms with E-state index in [4.69, 9.17) is 9.47 Å². The maximum Gasteiger partial charge on any atom is 0.126 e. The van der Waals surface area contributed by atoms with Crippen LogP contribution >= 0.6 is 15.9 Å². The lowest BCUT2D eigenvalue weighted by Gasteiger charge is -2.14. The van der Waals surface area contributed by atoms with Gasteiger partial charge in [-0.15, -0.1) is 0 Å². The van der Waals surface area contributed by atoms with Crippen LogP contribution < -0.4 is 9.47 Å². The summed E-state index contributed by atoms with van der Waals surface area (Å²) in [5.74, 6) is 1.81. The number of halogens is 1. The Bertz CT molecular complexity index is 552. The first-order valence-electron chi connectivity index (χ1n) is 6.15. The van der Waals surface area contributed by atoms with Crippen molar-refractivity contribution in [3.05, 3.63) is 59.2 Å². The van der Waals surface area contributed by atoms with Gasteiger partial charge in [0.05, 0.1) is 7.11 Å². The van der Waals surface area contributed by atoms with Gasteiger partial charge in [-0.25, -0.2) is 0 Å². The van der Waals surface area contributed by atoms with Crippen LogP contribution in [0.2, 0.25) is 0 Å². The summed E-state index contributed by atoms with van der Waals surface area (Å²) in [7, 11) is 1.68. The van der Waals surface area contributed by atoms with Crippen LogP contribution in [0.25, 0.3) is 0 Å². The molecular weight excluding hydrogens is 304 g/mol. The molecule has 2 aromatic carbocycles. The first-order chi connectivity index (χ1) is 9.26. The molecule has 0 saturated carbocycles. The molecule has 0 fully saturated rings. The van der Waals surface area contributed by atoms with Crippen molar-refractivity contribution in [2.45, 2.75) is 18.9 Å². The second-order valence-electron chi connectivity index (χ2n) is 4.30. The van der Waals surface area contributed by atoms with Crippen LogP contribution in [0.1, 0.15) is 16.7 Å². The number of para-hydroxylation sites is 2. The predicted octanol–water partition coefficient (Wildman–Crippen LogP) is 4.48. The number of rotatable bonds is 5. The summed E-state index contributed by atoms with van der Waals surface area (Å²) in [4.78, 5) is 0. The zero-order valence-corrected chi connectivity index (χ0v) is 12.7. The van der Waals surface area contributed by atoms with Crippen LogP contribution in [0.4, 0.5) is 0 Å². The average molecular weight is 321 g/mol. The number of alkyl halides is 1. The molecule has 19 heavy (non-hydrogen) atoms. The first kappa shape index (κ1) is 13.9. The molecule has 0 saturated heterocycles. The summed E-state index contributed by atoms with van der Waals surface area (Å²) in [6, 6.07) is 14.1. The highest BCUT2D eigenvalue weighted by Crippen LogP contribution is 2.27. The highest BCUT2D eigenvalue weighted by Gasteiger charge is 2.08. The fourth-order valence-electron chi connectivity index (χ4n) is 2.00. The Labute approximate surface area is 122 Å². The van der Waals surface area contributed by atoms with E-state index in [1.54, 1.807) is 7.11 Å². The summed E-state index contributed by atoms with van der Waals surface area (Å²) in [5.41, 5.74) is 3.36. The van der Waals surface area contributed by atoms with Gasteiger partial charge in [-0.3, -0.25) is 0 Å². The number of hydrogen-bond donors (Lipinski definition) is 0. The first-order valence-corrected chi connectivity index (χ1v) is 7.27. The van der Waals surface area contributed by atoms with Crippen molar-refractivity contribution in [1.82, 2.24) is 0 Å². The molecule has 0 aliphatic carbocycles. The van der Waals surface area contributed by atoms with Crippen LogP contribution in [-0.2, 0) is 11.9 Å². The van der Waals surface area contributed by atoms with Crippen LogP contribution in [0.15, 0.2) is 42.5 Å². The van der Waals surface area contributed by atoms with E-state index in [1.807, 2.05) is 30.3 Å². The molecule has 0 bridgehead atoms. The van der Waals surface area contributed by atoms with Crippen molar-refractivity contribution < 1.29 is 9.47 Å². The zero-order valence-electron chi connectivity index (χ0n) is 11.2. The van der Waals surface area contributed by atoms with Crippen molar-refractivity contribution in [3.8, 4) is 11.5 Å². The standard InChI is InChI=1S/C16H17BrO2/c1-12-6-5-8-13(10-17)16(12)19-11-14-7-3-4-9-15(14)18-2/h3-9H,10-11H2,1-2H3. The maximum absolute atomic E-state index is 5.98. The molecule has 0 radical (unpaired) electrons. The smallest absolute Gasteiger partial charge is 0.126 e. The van der Waals surface area contributed by atoms with Crippen molar-refractivity contribution in [1.29, 1.82) is 0 Å². The van der Waals surface area contributed by atoms with E-state index in [0.29, 0.717) is 6.61 Å². The molecule has 0 unspecified atom stereocenters. The van der Waals surface area contributed by atoms with Crippen molar-refractivity contribution in [2.75, 3.05) is 7.11 Å². The molecule has 0 heterocycles. The van der Waals surface area contributed by atoms with Crippen molar-refractivity contribution in [3.63, 3.8) is 0 Å². The lowest BCUT2D eigenvalue weighted by molar-refractivity contribution is 0.293. The van der Waals surface area contributed by atoms with E-state index in [9.17, 15) is 0 Å². The largest absolute Gasteiger partial charge is 0.496 e. The molecule has 0 aliphatic heterocycles. The third kappa shape index (κ3) is 3.29. The number of ether oxygens (including phenoxy) is 2. The quantitative estimate of drug-likeness (QED) is 0.756. The number of hydrogen-bond acceptors (Lipinski definition) is 2. The highest BCUT2D eigenvalue weighted by molar-refractivity contribution is 9.08. The second-order valence-corrected chi connectivity index (χ2v) is 4.86. The third-order valence-electron chi connectivity index (χ3n) is 3.00. The topological polar surface area (TPSA) is 18.5 Å². The van der Waals surface area contributed by atoms with E-state index in [-0.39, 0.29) is 0 Å². The molecule has 0 N–H and O–H groups in total. The van der Waals surface area contributed by atoms with Gasteiger partial charge in [0.1, 0.15) is 18.1 Å². The van der Waals surface area contributed by atoms with Crippen LogP contribution in [0.3, 0.4) is 0 Å². The highest BCUT2D eigenvalue weighted by atomic mass is 79.9. The van der Waals surface area contributed by atoms with E-state index in [1.165, 1.54) is 0 Å². The van der Waals surface area contributed by atoms with Gasteiger partial charge >= 0.3 is 0 Å². The third-order valence-corrected chi connectivity index (χ3v) is 3.61. The van der Waals surface area contributed by atoms with E-state index in [2.05, 4.69) is 35.0 Å². The minimum absolute atomic E-state index is 0.509. The van der Waals surface area contributed by atoms with Crippen LogP contribution in [0.5, 0.6) is 11.5 Å². The molecule has 100 valence electrons. The summed E-state index contributed by atoms with van der Waals surface area (Å²) in [5, 5.41) is 0.788. The van der Waals surface area contributed by atoms with Gasteiger partial charge in [-0.1, -0.05) is 52.3 Å². The minimum atomic E-state index is 0.509. The van der Waals surface area contributed by atoms with Gasteiger partial charge in [0.15, 0.2) is 0 Å². The monoisotopic (exact) mass is 320 g/mol. The number of aryl methyl sites for hydroxylation is 1. The fourth-order valence-corrected chi connectivity index (χ4v) is 2.44. The minimum Gasteiger partial charge on any atom is -0.496 e. The second kappa shape index (κ2) is 6.62. The number of benzene rings is 2. The van der Waals surface area contributed by atoms with Crippen LogP contribution in [0, 0.1) is 6.92 Å². The van der Waals surface area contributed by atoms with E-state index in [0.717, 1.165) is 33.5 Å². The molecule has 2 rings (SSSR count). The van der Waals surface area contributed by atoms with Gasteiger partial charge < -0.3 is 9.47 Å². The molecule has 2 aromatic rings. The molecule has 0 spiro atoms.